The van der Waals surface area contributed by atoms with Crippen LogP contribution in [0.1, 0.15) is 6.92 Å². The minimum atomic E-state index is -1.23. The summed E-state index contributed by atoms with van der Waals surface area (Å²) in [5.41, 5.74) is 0. The van der Waals surface area contributed by atoms with Crippen molar-refractivity contribution in [1.29, 1.82) is 0 Å². The van der Waals surface area contributed by atoms with Crippen molar-refractivity contribution in [2.24, 2.45) is 0 Å². The predicted molar refractivity (Wildman–Crippen MR) is 41.2 cm³/mol. The number of rotatable bonds is 0. The molecular weight excluding hydrogens is 160 g/mol. The van der Waals surface area contributed by atoms with Crippen molar-refractivity contribution in [3.63, 3.8) is 0 Å². The molecule has 1 aliphatic rings. The number of aliphatic hydroxyl groups is 3. The summed E-state index contributed by atoms with van der Waals surface area (Å²) in [5.74, 6) is 2.19. The predicted octanol–water partition coefficient (Wildman–Crippen LogP) is -1.51. The van der Waals surface area contributed by atoms with Crippen LogP contribution in [0.4, 0.5) is 0 Å². The zero-order valence-electron chi connectivity index (χ0n) is 6.71. The van der Waals surface area contributed by atoms with E-state index in [0.717, 1.165) is 0 Å². The molecule has 2 unspecified atom stereocenters. The van der Waals surface area contributed by atoms with Crippen molar-refractivity contribution in [3.8, 4) is 12.3 Å². The van der Waals surface area contributed by atoms with Crippen molar-refractivity contribution in [2.45, 2.75) is 37.4 Å². The number of ether oxygens (including phenoxy) is 1. The second kappa shape index (κ2) is 3.42. The van der Waals surface area contributed by atoms with Gasteiger partial charge >= 0.3 is 0 Å². The second-order valence-electron chi connectivity index (χ2n) is 2.90. The molecule has 1 aliphatic heterocycles. The van der Waals surface area contributed by atoms with Gasteiger partial charge in [-0.25, -0.2) is 0 Å². The summed E-state index contributed by atoms with van der Waals surface area (Å²) in [5, 5.41) is 27.7. The fourth-order valence-corrected chi connectivity index (χ4v) is 1.19. The third-order valence-electron chi connectivity index (χ3n) is 2.02. The van der Waals surface area contributed by atoms with E-state index in [1.54, 1.807) is 6.92 Å². The van der Waals surface area contributed by atoms with Crippen molar-refractivity contribution >= 4 is 0 Å². The first-order chi connectivity index (χ1) is 5.57. The molecule has 0 saturated carbocycles. The highest BCUT2D eigenvalue weighted by molar-refractivity contribution is 5.05. The van der Waals surface area contributed by atoms with Gasteiger partial charge in [-0.1, -0.05) is 5.92 Å². The van der Waals surface area contributed by atoms with Gasteiger partial charge < -0.3 is 20.1 Å². The lowest BCUT2D eigenvalue weighted by molar-refractivity contribution is -0.201. The number of terminal acetylenes is 1. The number of aliphatic hydroxyl groups excluding tert-OH is 3. The van der Waals surface area contributed by atoms with Crippen LogP contribution in [-0.4, -0.2) is 45.8 Å². The molecule has 12 heavy (non-hydrogen) atoms. The smallest absolute Gasteiger partial charge is 0.146 e. The maximum Gasteiger partial charge on any atom is 0.146 e. The molecule has 0 bridgehead atoms. The topological polar surface area (TPSA) is 69.9 Å². The molecule has 68 valence electrons. The molecule has 0 aromatic carbocycles. The minimum Gasteiger partial charge on any atom is -0.388 e. The maximum atomic E-state index is 9.25. The van der Waals surface area contributed by atoms with E-state index < -0.39 is 30.5 Å². The van der Waals surface area contributed by atoms with Gasteiger partial charge in [0.15, 0.2) is 0 Å². The van der Waals surface area contributed by atoms with E-state index in [1.807, 2.05) is 0 Å². The molecule has 0 amide bonds. The Bertz CT molecular complexity index is 198. The molecule has 5 atom stereocenters. The van der Waals surface area contributed by atoms with E-state index in [0.29, 0.717) is 0 Å². The summed E-state index contributed by atoms with van der Waals surface area (Å²) >= 11 is 0. The Kier molecular flexibility index (Phi) is 2.70. The summed E-state index contributed by atoms with van der Waals surface area (Å²) in [6, 6.07) is 0. The molecule has 0 spiro atoms. The Morgan fingerprint density at radius 1 is 1.17 bits per heavy atom. The normalized spacial score (nSPS) is 48.4. The number of hydrogen-bond donors (Lipinski definition) is 3. The van der Waals surface area contributed by atoms with Gasteiger partial charge in [0, 0.05) is 0 Å². The Morgan fingerprint density at radius 3 is 2.25 bits per heavy atom. The SMILES string of the molecule is C#CC1OC(C)[C@@H](O)[C@H](O)[C@@H]1O. The molecule has 1 heterocycles. The Labute approximate surface area is 70.8 Å². The first kappa shape index (κ1) is 9.49. The fourth-order valence-electron chi connectivity index (χ4n) is 1.19. The Hall–Kier alpha value is -0.600. The maximum absolute atomic E-state index is 9.25. The largest absolute Gasteiger partial charge is 0.388 e. The zero-order valence-corrected chi connectivity index (χ0v) is 6.71. The third kappa shape index (κ3) is 1.45. The average Bonchev–Trinajstić information content (AvgIpc) is 2.08. The second-order valence-corrected chi connectivity index (χ2v) is 2.90. The van der Waals surface area contributed by atoms with Crippen LogP contribution in [-0.2, 0) is 4.74 Å². The van der Waals surface area contributed by atoms with Crippen LogP contribution >= 0.6 is 0 Å². The van der Waals surface area contributed by atoms with Crippen LogP contribution in [0, 0.1) is 12.3 Å². The van der Waals surface area contributed by atoms with Gasteiger partial charge in [0.1, 0.15) is 24.4 Å². The lowest BCUT2D eigenvalue weighted by atomic mass is 9.96. The molecule has 1 rings (SSSR count). The van der Waals surface area contributed by atoms with Gasteiger partial charge in [-0.2, -0.15) is 0 Å². The van der Waals surface area contributed by atoms with Gasteiger partial charge in [0.2, 0.25) is 0 Å². The van der Waals surface area contributed by atoms with E-state index in [4.69, 9.17) is 11.2 Å². The van der Waals surface area contributed by atoms with Crippen LogP contribution in [0.5, 0.6) is 0 Å². The van der Waals surface area contributed by atoms with E-state index in [1.165, 1.54) is 0 Å². The van der Waals surface area contributed by atoms with Gasteiger partial charge in [0.05, 0.1) is 6.10 Å². The fraction of sp³-hybridized carbons (Fsp3) is 0.750. The molecule has 4 heteroatoms. The summed E-state index contributed by atoms with van der Waals surface area (Å²) < 4.78 is 5.03. The number of hydrogen-bond acceptors (Lipinski definition) is 4. The van der Waals surface area contributed by atoms with E-state index >= 15 is 0 Å². The Balaban J connectivity index is 2.72. The van der Waals surface area contributed by atoms with E-state index in [2.05, 4.69) is 5.92 Å². The molecule has 0 aromatic heterocycles. The molecule has 0 aromatic rings. The lowest BCUT2D eigenvalue weighted by Gasteiger charge is -2.37. The summed E-state index contributed by atoms with van der Waals surface area (Å²) in [6.07, 6.45) is 0.136. The molecule has 4 nitrogen and oxygen atoms in total. The Morgan fingerprint density at radius 2 is 1.75 bits per heavy atom. The van der Waals surface area contributed by atoms with Crippen molar-refractivity contribution in [1.82, 2.24) is 0 Å². The van der Waals surface area contributed by atoms with Crippen LogP contribution in [0.15, 0.2) is 0 Å². The highest BCUT2D eigenvalue weighted by Gasteiger charge is 2.40. The molecule has 0 aliphatic carbocycles. The van der Waals surface area contributed by atoms with E-state index in [9.17, 15) is 15.3 Å². The molecule has 1 fully saturated rings. The summed E-state index contributed by atoms with van der Waals surface area (Å²) in [4.78, 5) is 0. The van der Waals surface area contributed by atoms with Crippen LogP contribution in [0.3, 0.4) is 0 Å². The average molecular weight is 172 g/mol. The third-order valence-corrected chi connectivity index (χ3v) is 2.02. The quantitative estimate of drug-likeness (QED) is 0.388. The van der Waals surface area contributed by atoms with Crippen LogP contribution in [0.25, 0.3) is 0 Å². The first-order valence-corrected chi connectivity index (χ1v) is 3.73. The van der Waals surface area contributed by atoms with Gasteiger partial charge in [-0.05, 0) is 6.92 Å². The van der Waals surface area contributed by atoms with Crippen LogP contribution < -0.4 is 0 Å². The summed E-state index contributed by atoms with van der Waals surface area (Å²) in [7, 11) is 0. The van der Waals surface area contributed by atoms with Gasteiger partial charge in [-0.3, -0.25) is 0 Å². The van der Waals surface area contributed by atoms with Crippen molar-refractivity contribution in [3.05, 3.63) is 0 Å². The minimum absolute atomic E-state index is 0.551. The van der Waals surface area contributed by atoms with Gasteiger partial charge in [0.25, 0.3) is 0 Å². The monoisotopic (exact) mass is 172 g/mol. The highest BCUT2D eigenvalue weighted by Crippen LogP contribution is 2.19. The molecule has 0 radical (unpaired) electrons. The zero-order chi connectivity index (χ0) is 9.30. The standard InChI is InChI=1S/C8H12O4/c1-3-5-7(10)8(11)6(9)4(2)12-5/h1,4-11H,2H3/t4?,5?,6-,7-,8+/m1/s1. The summed E-state index contributed by atoms with van der Waals surface area (Å²) in [6.45, 7) is 1.59. The molecular formula is C8H12O4. The molecule has 3 N–H and O–H groups in total. The van der Waals surface area contributed by atoms with E-state index in [-0.39, 0.29) is 0 Å². The first-order valence-electron chi connectivity index (χ1n) is 3.73. The highest BCUT2D eigenvalue weighted by atomic mass is 16.5. The van der Waals surface area contributed by atoms with Crippen molar-refractivity contribution in [2.75, 3.05) is 0 Å². The van der Waals surface area contributed by atoms with Crippen LogP contribution in [0.2, 0.25) is 0 Å². The molecule has 1 saturated heterocycles. The lowest BCUT2D eigenvalue weighted by Crippen LogP contribution is -2.56. The van der Waals surface area contributed by atoms with Gasteiger partial charge in [-0.15, -0.1) is 6.42 Å². The van der Waals surface area contributed by atoms with Crippen molar-refractivity contribution < 1.29 is 20.1 Å².